The quantitative estimate of drug-likeness (QED) is 0.0425. The second kappa shape index (κ2) is 19.1. The van der Waals surface area contributed by atoms with Crippen molar-refractivity contribution in [3.63, 3.8) is 0 Å². The summed E-state index contributed by atoms with van der Waals surface area (Å²) in [5.41, 5.74) is 21.9. The molecule has 0 rings (SSSR count). The molecule has 0 aliphatic rings. The molecule has 37 heavy (non-hydrogen) atoms. The zero-order valence-electron chi connectivity index (χ0n) is 21.0. The second-order valence-electron chi connectivity index (χ2n) is 8.24. The van der Waals surface area contributed by atoms with Gasteiger partial charge in [0.1, 0.15) is 18.1 Å². The number of thioether (sulfide) groups is 1. The molecule has 4 unspecified atom stereocenters. The molecular formula is C21H40N8O7S. The number of hydrogen-bond acceptors (Lipinski definition) is 9. The van der Waals surface area contributed by atoms with Crippen LogP contribution in [0.4, 0.5) is 0 Å². The number of unbranched alkanes of at least 4 members (excludes halogenated alkanes) is 1. The fourth-order valence-corrected chi connectivity index (χ4v) is 3.58. The fourth-order valence-electron chi connectivity index (χ4n) is 3.11. The molecule has 0 aromatic rings. The summed E-state index contributed by atoms with van der Waals surface area (Å²) in [6.07, 6.45) is 2.90. The van der Waals surface area contributed by atoms with Crippen LogP contribution in [-0.2, 0) is 24.0 Å². The number of carboxylic acids is 2. The lowest BCUT2D eigenvalue weighted by Gasteiger charge is -2.24. The van der Waals surface area contributed by atoms with Crippen LogP contribution >= 0.6 is 11.8 Å². The molecule has 16 heteroatoms. The zero-order valence-corrected chi connectivity index (χ0v) is 21.8. The maximum atomic E-state index is 13.0. The minimum absolute atomic E-state index is 0.0893. The molecule has 15 nitrogen and oxygen atoms in total. The van der Waals surface area contributed by atoms with Crippen molar-refractivity contribution >= 4 is 47.4 Å². The Morgan fingerprint density at radius 1 is 0.838 bits per heavy atom. The van der Waals surface area contributed by atoms with E-state index in [1.54, 1.807) is 6.26 Å². The van der Waals surface area contributed by atoms with Crippen molar-refractivity contribution < 1.29 is 34.2 Å². The Balaban J connectivity index is 5.42. The van der Waals surface area contributed by atoms with Crippen molar-refractivity contribution in [1.82, 2.24) is 16.0 Å². The van der Waals surface area contributed by atoms with Crippen molar-refractivity contribution in [1.29, 1.82) is 0 Å². The molecule has 0 aromatic heterocycles. The Kier molecular flexibility index (Phi) is 17.5. The third kappa shape index (κ3) is 15.6. The zero-order chi connectivity index (χ0) is 28.4. The van der Waals surface area contributed by atoms with Gasteiger partial charge in [0.05, 0.1) is 12.5 Å². The van der Waals surface area contributed by atoms with E-state index in [2.05, 4.69) is 20.9 Å². The number of nitrogens with zero attached hydrogens (tertiary/aromatic N) is 1. The minimum atomic E-state index is -1.57. The summed E-state index contributed by atoms with van der Waals surface area (Å²) >= 11 is 1.38. The molecule has 0 saturated carbocycles. The highest BCUT2D eigenvalue weighted by Gasteiger charge is 2.31. The van der Waals surface area contributed by atoms with E-state index in [9.17, 15) is 34.2 Å². The number of carbonyl (C=O) groups is 5. The first-order valence-corrected chi connectivity index (χ1v) is 13.2. The van der Waals surface area contributed by atoms with Gasteiger partial charge in [-0.25, -0.2) is 4.79 Å². The van der Waals surface area contributed by atoms with Crippen LogP contribution < -0.4 is 38.9 Å². The Morgan fingerprint density at radius 2 is 1.43 bits per heavy atom. The van der Waals surface area contributed by atoms with Gasteiger partial charge in [-0.1, -0.05) is 0 Å². The van der Waals surface area contributed by atoms with Crippen molar-refractivity contribution in [2.24, 2.45) is 27.9 Å². The molecule has 0 aromatic carbocycles. The standard InChI is InChI=1S/C21H40N8O7S/c1-37-10-7-14(20(35)36)28-19(34)15(11-16(30)31)29-18(33)13(6-2-3-8-22)27-17(32)12(23)5-4-9-26-21(24)25/h12-15H,2-11,22-23H2,1H3,(H,27,32)(H,28,34)(H,29,33)(H,30,31)(H,35,36)(H4,24,25,26). The molecule has 0 radical (unpaired) electrons. The topological polar surface area (TPSA) is 278 Å². The van der Waals surface area contributed by atoms with Gasteiger partial charge in [0.25, 0.3) is 0 Å². The van der Waals surface area contributed by atoms with Gasteiger partial charge >= 0.3 is 11.9 Å². The highest BCUT2D eigenvalue weighted by Crippen LogP contribution is 2.06. The third-order valence-electron chi connectivity index (χ3n) is 5.12. The molecule has 13 N–H and O–H groups in total. The smallest absolute Gasteiger partial charge is 0.326 e. The van der Waals surface area contributed by atoms with Gasteiger partial charge in [0, 0.05) is 6.54 Å². The van der Waals surface area contributed by atoms with E-state index in [0.29, 0.717) is 31.6 Å². The highest BCUT2D eigenvalue weighted by atomic mass is 32.2. The van der Waals surface area contributed by atoms with Crippen LogP contribution in [-0.4, -0.2) is 95.1 Å². The van der Waals surface area contributed by atoms with E-state index < -0.39 is 60.2 Å². The number of carbonyl (C=O) groups excluding carboxylic acids is 3. The van der Waals surface area contributed by atoms with Gasteiger partial charge in [0.15, 0.2) is 5.96 Å². The maximum absolute atomic E-state index is 13.0. The van der Waals surface area contributed by atoms with Crippen LogP contribution in [0.1, 0.15) is 44.9 Å². The summed E-state index contributed by atoms with van der Waals surface area (Å²) in [6.45, 7) is 0.618. The molecule has 0 bridgehead atoms. The van der Waals surface area contributed by atoms with Crippen molar-refractivity contribution in [3.05, 3.63) is 0 Å². The first kappa shape index (κ1) is 33.9. The number of carboxylic acid groups (broad SMARTS) is 2. The van der Waals surface area contributed by atoms with Gasteiger partial charge in [-0.2, -0.15) is 11.8 Å². The van der Waals surface area contributed by atoms with Crippen molar-refractivity contribution in [2.75, 3.05) is 25.1 Å². The highest BCUT2D eigenvalue weighted by molar-refractivity contribution is 7.98. The maximum Gasteiger partial charge on any atom is 0.326 e. The summed E-state index contributed by atoms with van der Waals surface area (Å²) in [7, 11) is 0. The lowest BCUT2D eigenvalue weighted by atomic mass is 10.1. The van der Waals surface area contributed by atoms with Crippen LogP contribution in [0.25, 0.3) is 0 Å². The Hall–Kier alpha value is -3.11. The van der Waals surface area contributed by atoms with Gasteiger partial charge in [-0.3, -0.25) is 24.2 Å². The number of aliphatic imine (C=N–C) groups is 1. The summed E-state index contributed by atoms with van der Waals surface area (Å²) in [5.74, 6) is -4.72. The molecule has 0 aliphatic heterocycles. The number of rotatable bonds is 20. The van der Waals surface area contributed by atoms with Gasteiger partial charge < -0.3 is 49.1 Å². The van der Waals surface area contributed by atoms with Gasteiger partial charge in [-0.15, -0.1) is 0 Å². The van der Waals surface area contributed by atoms with E-state index in [-0.39, 0.29) is 31.8 Å². The summed E-state index contributed by atoms with van der Waals surface area (Å²) < 4.78 is 0. The number of amides is 3. The molecule has 4 atom stereocenters. The van der Waals surface area contributed by atoms with E-state index in [4.69, 9.17) is 22.9 Å². The Morgan fingerprint density at radius 3 is 1.97 bits per heavy atom. The van der Waals surface area contributed by atoms with Crippen LogP contribution in [0.3, 0.4) is 0 Å². The number of aliphatic carboxylic acids is 2. The van der Waals surface area contributed by atoms with Crippen LogP contribution in [0.15, 0.2) is 4.99 Å². The van der Waals surface area contributed by atoms with E-state index in [1.807, 2.05) is 0 Å². The monoisotopic (exact) mass is 548 g/mol. The summed E-state index contributed by atoms with van der Waals surface area (Å²) in [6, 6.07) is -4.92. The number of hydrogen-bond donors (Lipinski definition) is 9. The Labute approximate surface area is 219 Å². The number of guanidine groups is 1. The van der Waals surface area contributed by atoms with E-state index in [0.717, 1.165) is 0 Å². The molecule has 0 spiro atoms. The Bertz CT molecular complexity index is 795. The molecular weight excluding hydrogens is 508 g/mol. The summed E-state index contributed by atoms with van der Waals surface area (Å²) in [4.78, 5) is 64.8. The average molecular weight is 549 g/mol. The third-order valence-corrected chi connectivity index (χ3v) is 5.77. The van der Waals surface area contributed by atoms with Crippen LogP contribution in [0.5, 0.6) is 0 Å². The first-order valence-electron chi connectivity index (χ1n) is 11.8. The normalized spacial score (nSPS) is 13.9. The summed E-state index contributed by atoms with van der Waals surface area (Å²) in [5, 5.41) is 25.7. The predicted molar refractivity (Wildman–Crippen MR) is 139 cm³/mol. The molecule has 0 aliphatic carbocycles. The number of nitrogens with two attached hydrogens (primary N) is 4. The lowest BCUT2D eigenvalue weighted by molar-refractivity contribution is -0.143. The van der Waals surface area contributed by atoms with Gasteiger partial charge in [-0.05, 0) is 57.1 Å². The molecule has 0 fully saturated rings. The lowest BCUT2D eigenvalue weighted by Crippen LogP contribution is -2.57. The largest absolute Gasteiger partial charge is 0.481 e. The average Bonchev–Trinajstić information content (AvgIpc) is 2.82. The molecule has 0 saturated heterocycles. The second-order valence-corrected chi connectivity index (χ2v) is 9.23. The molecule has 212 valence electrons. The van der Waals surface area contributed by atoms with Crippen LogP contribution in [0, 0.1) is 0 Å². The van der Waals surface area contributed by atoms with Crippen LogP contribution in [0.2, 0.25) is 0 Å². The van der Waals surface area contributed by atoms with Crippen molar-refractivity contribution in [3.8, 4) is 0 Å². The molecule has 0 heterocycles. The van der Waals surface area contributed by atoms with E-state index >= 15 is 0 Å². The SMILES string of the molecule is CSCCC(NC(=O)C(CC(=O)O)NC(=O)C(CCCCN)NC(=O)C(N)CCCN=C(N)N)C(=O)O. The van der Waals surface area contributed by atoms with Crippen molar-refractivity contribution in [2.45, 2.75) is 69.1 Å². The fraction of sp³-hybridized carbons (Fsp3) is 0.714. The molecule has 3 amide bonds. The number of nitrogens with one attached hydrogen (secondary N) is 3. The first-order chi connectivity index (χ1) is 17.4. The predicted octanol–water partition coefficient (Wildman–Crippen LogP) is -2.74. The van der Waals surface area contributed by atoms with Gasteiger partial charge in [0.2, 0.25) is 17.7 Å². The minimum Gasteiger partial charge on any atom is -0.481 e. The van der Waals surface area contributed by atoms with E-state index in [1.165, 1.54) is 11.8 Å².